The van der Waals surface area contributed by atoms with Crippen molar-refractivity contribution in [3.8, 4) is 16.8 Å². The van der Waals surface area contributed by atoms with Crippen molar-refractivity contribution >= 4 is 43.6 Å². The summed E-state index contributed by atoms with van der Waals surface area (Å²) in [7, 11) is 0. The van der Waals surface area contributed by atoms with Gasteiger partial charge >= 0.3 is 0 Å². The average Bonchev–Trinajstić information content (AvgIpc) is 3.45. The summed E-state index contributed by atoms with van der Waals surface area (Å²) in [6.07, 6.45) is 0. The summed E-state index contributed by atoms with van der Waals surface area (Å²) in [6, 6.07) is 40.9. The van der Waals surface area contributed by atoms with Crippen LogP contribution in [0.1, 0.15) is 45.2 Å². The fourth-order valence-corrected chi connectivity index (χ4v) is 6.17. The van der Waals surface area contributed by atoms with E-state index in [-0.39, 0.29) is 0 Å². The lowest BCUT2D eigenvalue weighted by atomic mass is 10.0. The molecule has 0 aliphatic heterocycles. The van der Waals surface area contributed by atoms with Crippen molar-refractivity contribution in [3.63, 3.8) is 0 Å². The third kappa shape index (κ3) is 3.40. The van der Waals surface area contributed by atoms with Gasteiger partial charge < -0.3 is 9.13 Å². The molecule has 2 nitrogen and oxygen atoms in total. The lowest BCUT2D eigenvalue weighted by Crippen LogP contribution is -1.99. The molecule has 0 atom stereocenters. The molecule has 0 aliphatic rings. The quantitative estimate of drug-likeness (QED) is 0.231. The van der Waals surface area contributed by atoms with E-state index >= 15 is 0 Å². The van der Waals surface area contributed by atoms with Crippen molar-refractivity contribution < 1.29 is 0 Å². The summed E-state index contributed by atoms with van der Waals surface area (Å²) in [5.41, 5.74) is 10.1. The van der Waals surface area contributed by atoms with Gasteiger partial charge in [-0.2, -0.15) is 0 Å². The third-order valence-corrected chi connectivity index (χ3v) is 8.05. The summed E-state index contributed by atoms with van der Waals surface area (Å²) >= 11 is 0. The molecule has 0 spiro atoms. The van der Waals surface area contributed by atoms with Crippen LogP contribution in [0.4, 0.5) is 0 Å². The standard InChI is InChI=1S/C36H32N2/c1-23(2)25-13-17-28(18-14-25)38-34-12-8-6-10-30(34)32-20-16-27(22-36(32)38)26-15-19-31-29-9-5-7-11-33(29)37(24(3)4)35(31)21-26/h5-24H,1-4H3. The van der Waals surface area contributed by atoms with Crippen molar-refractivity contribution in [1.29, 1.82) is 0 Å². The van der Waals surface area contributed by atoms with Gasteiger partial charge in [0.25, 0.3) is 0 Å². The van der Waals surface area contributed by atoms with Gasteiger partial charge in [-0.3, -0.25) is 0 Å². The van der Waals surface area contributed by atoms with Gasteiger partial charge in [-0.05, 0) is 72.9 Å². The predicted octanol–water partition coefficient (Wildman–Crippen LogP) is 10.3. The van der Waals surface area contributed by atoms with Crippen molar-refractivity contribution in [2.24, 2.45) is 0 Å². The van der Waals surface area contributed by atoms with E-state index in [9.17, 15) is 0 Å². The second-order valence-corrected chi connectivity index (χ2v) is 11.0. The van der Waals surface area contributed by atoms with E-state index in [2.05, 4.69) is 146 Å². The van der Waals surface area contributed by atoms with Gasteiger partial charge in [0, 0.05) is 44.3 Å². The van der Waals surface area contributed by atoms with Crippen LogP contribution in [0.5, 0.6) is 0 Å². The van der Waals surface area contributed by atoms with Gasteiger partial charge in [-0.15, -0.1) is 0 Å². The molecule has 7 rings (SSSR count). The average molecular weight is 493 g/mol. The van der Waals surface area contributed by atoms with Crippen LogP contribution in [-0.4, -0.2) is 9.13 Å². The fraction of sp³-hybridized carbons (Fsp3) is 0.167. The van der Waals surface area contributed by atoms with Crippen molar-refractivity contribution in [2.75, 3.05) is 0 Å². The largest absolute Gasteiger partial charge is 0.338 e. The lowest BCUT2D eigenvalue weighted by molar-refractivity contribution is 0.642. The minimum absolute atomic E-state index is 0.381. The van der Waals surface area contributed by atoms with Crippen LogP contribution in [0, 0.1) is 0 Å². The number of nitrogens with zero attached hydrogens (tertiary/aromatic N) is 2. The van der Waals surface area contributed by atoms with Crippen LogP contribution in [0.25, 0.3) is 60.4 Å². The molecular formula is C36H32N2. The van der Waals surface area contributed by atoms with Gasteiger partial charge in [0.2, 0.25) is 0 Å². The Balaban J connectivity index is 1.46. The molecular weight excluding hydrogens is 460 g/mol. The summed E-state index contributed by atoms with van der Waals surface area (Å²) < 4.78 is 4.89. The van der Waals surface area contributed by atoms with E-state index in [4.69, 9.17) is 0 Å². The predicted molar refractivity (Wildman–Crippen MR) is 164 cm³/mol. The number of aromatic nitrogens is 2. The number of hydrogen-bond donors (Lipinski definition) is 0. The fourth-order valence-electron chi connectivity index (χ4n) is 6.17. The topological polar surface area (TPSA) is 9.86 Å². The maximum Gasteiger partial charge on any atom is 0.0547 e. The number of fused-ring (bicyclic) bond motifs is 6. The van der Waals surface area contributed by atoms with Crippen LogP contribution in [-0.2, 0) is 0 Å². The lowest BCUT2D eigenvalue weighted by Gasteiger charge is -2.13. The molecule has 5 aromatic carbocycles. The first-order chi connectivity index (χ1) is 18.5. The second kappa shape index (κ2) is 8.63. The third-order valence-electron chi connectivity index (χ3n) is 8.05. The molecule has 0 saturated heterocycles. The Kier molecular flexibility index (Phi) is 5.19. The van der Waals surface area contributed by atoms with Crippen LogP contribution < -0.4 is 0 Å². The smallest absolute Gasteiger partial charge is 0.0547 e. The highest BCUT2D eigenvalue weighted by Gasteiger charge is 2.16. The van der Waals surface area contributed by atoms with Crippen LogP contribution >= 0.6 is 0 Å². The Morgan fingerprint density at radius 1 is 0.474 bits per heavy atom. The number of benzene rings is 5. The second-order valence-electron chi connectivity index (χ2n) is 11.0. The normalized spacial score (nSPS) is 12.2. The number of rotatable bonds is 4. The van der Waals surface area contributed by atoms with Crippen LogP contribution in [0.2, 0.25) is 0 Å². The first kappa shape index (κ1) is 22.9. The minimum atomic E-state index is 0.381. The highest BCUT2D eigenvalue weighted by molar-refractivity contribution is 6.11. The van der Waals surface area contributed by atoms with Gasteiger partial charge in [0.15, 0.2) is 0 Å². The molecule has 0 amide bonds. The zero-order chi connectivity index (χ0) is 26.0. The van der Waals surface area contributed by atoms with Gasteiger partial charge in [0.1, 0.15) is 0 Å². The van der Waals surface area contributed by atoms with E-state index in [0.717, 1.165) is 0 Å². The molecule has 2 aromatic heterocycles. The molecule has 0 fully saturated rings. The van der Waals surface area contributed by atoms with E-state index in [1.54, 1.807) is 0 Å². The molecule has 0 saturated carbocycles. The zero-order valence-corrected chi connectivity index (χ0v) is 22.4. The van der Waals surface area contributed by atoms with Gasteiger partial charge in [-0.1, -0.05) is 86.6 Å². The first-order valence-corrected chi connectivity index (χ1v) is 13.7. The molecule has 2 heterocycles. The number of hydrogen-bond acceptors (Lipinski definition) is 0. The Labute approximate surface area is 223 Å². The SMILES string of the molecule is CC(C)c1ccc(-n2c3ccccc3c3ccc(-c4ccc5c6ccccc6n(C(C)C)c5c4)cc32)cc1. The molecule has 0 bridgehead atoms. The Hall–Kier alpha value is -4.30. The number of para-hydroxylation sites is 2. The van der Waals surface area contributed by atoms with E-state index in [1.807, 2.05) is 0 Å². The van der Waals surface area contributed by atoms with Gasteiger partial charge in [-0.25, -0.2) is 0 Å². The molecule has 0 aliphatic carbocycles. The summed E-state index contributed by atoms with van der Waals surface area (Å²) in [6.45, 7) is 9.04. The van der Waals surface area contributed by atoms with Crippen molar-refractivity contribution in [2.45, 2.75) is 39.7 Å². The van der Waals surface area contributed by atoms with Crippen molar-refractivity contribution in [3.05, 3.63) is 115 Å². The van der Waals surface area contributed by atoms with Crippen LogP contribution in [0.3, 0.4) is 0 Å². The van der Waals surface area contributed by atoms with E-state index < -0.39 is 0 Å². The summed E-state index contributed by atoms with van der Waals surface area (Å²) in [5.74, 6) is 0.519. The molecule has 0 N–H and O–H groups in total. The molecule has 0 radical (unpaired) electrons. The first-order valence-electron chi connectivity index (χ1n) is 13.7. The Bertz CT molecular complexity index is 1960. The molecule has 0 unspecified atom stereocenters. The van der Waals surface area contributed by atoms with Crippen molar-refractivity contribution in [1.82, 2.24) is 9.13 Å². The minimum Gasteiger partial charge on any atom is -0.338 e. The summed E-state index contributed by atoms with van der Waals surface area (Å²) in [4.78, 5) is 0. The summed E-state index contributed by atoms with van der Waals surface area (Å²) in [5, 5.41) is 5.22. The monoisotopic (exact) mass is 492 g/mol. The maximum atomic E-state index is 2.47. The van der Waals surface area contributed by atoms with E-state index in [0.29, 0.717) is 12.0 Å². The maximum absolute atomic E-state index is 2.47. The van der Waals surface area contributed by atoms with Crippen LogP contribution in [0.15, 0.2) is 109 Å². The van der Waals surface area contributed by atoms with Gasteiger partial charge in [0.05, 0.1) is 11.0 Å². The highest BCUT2D eigenvalue weighted by atomic mass is 15.0. The molecule has 7 aromatic rings. The Morgan fingerprint density at radius 2 is 1.00 bits per heavy atom. The highest BCUT2D eigenvalue weighted by Crippen LogP contribution is 2.38. The molecule has 2 heteroatoms. The molecule has 186 valence electrons. The van der Waals surface area contributed by atoms with E-state index in [1.165, 1.54) is 66.0 Å². The molecule has 38 heavy (non-hydrogen) atoms. The Morgan fingerprint density at radius 3 is 1.63 bits per heavy atom. The zero-order valence-electron chi connectivity index (χ0n) is 22.4.